The predicted octanol–water partition coefficient (Wildman–Crippen LogP) is 1.94. The van der Waals surface area contributed by atoms with E-state index in [1.54, 1.807) is 13.1 Å². The third-order valence-electron chi connectivity index (χ3n) is 1.80. The number of aryl methyl sites for hydroxylation is 1. The number of nitrogens with zero attached hydrogens (tertiary/aromatic N) is 3. The van der Waals surface area contributed by atoms with E-state index in [9.17, 15) is 13.2 Å². The lowest BCUT2D eigenvalue weighted by Gasteiger charge is -2.08. The van der Waals surface area contributed by atoms with Crippen LogP contribution >= 0.6 is 0 Å². The molecule has 2 aromatic rings. The van der Waals surface area contributed by atoms with Crippen molar-refractivity contribution in [2.45, 2.75) is 13.3 Å². The summed E-state index contributed by atoms with van der Waals surface area (Å²) >= 11 is 0. The van der Waals surface area contributed by atoms with Crippen molar-refractivity contribution in [1.82, 2.24) is 14.6 Å². The third kappa shape index (κ3) is 1.85. The first-order valence-corrected chi connectivity index (χ1v) is 4.03. The number of halogens is 3. The lowest BCUT2D eigenvalue weighted by Crippen LogP contribution is -2.17. The van der Waals surface area contributed by atoms with Gasteiger partial charge in [-0.2, -0.15) is 0 Å². The first-order chi connectivity index (χ1) is 6.97. The standard InChI is InChI=1S/C8H6F3N3O/c1-5-12-13-7-6(15-8(9,10)11)3-2-4-14(5)7/h2-4H,1H3. The summed E-state index contributed by atoms with van der Waals surface area (Å²) in [5, 5.41) is 7.24. The summed E-state index contributed by atoms with van der Waals surface area (Å²) in [5.41, 5.74) is 0.0484. The Morgan fingerprint density at radius 2 is 2.07 bits per heavy atom. The molecule has 0 saturated carbocycles. The molecule has 0 fully saturated rings. The highest BCUT2D eigenvalue weighted by Crippen LogP contribution is 2.25. The fraction of sp³-hybridized carbons (Fsp3) is 0.250. The van der Waals surface area contributed by atoms with E-state index in [0.29, 0.717) is 5.82 Å². The first-order valence-electron chi connectivity index (χ1n) is 4.03. The van der Waals surface area contributed by atoms with Gasteiger partial charge in [0.05, 0.1) is 0 Å². The molecule has 0 bridgehead atoms. The zero-order valence-electron chi connectivity index (χ0n) is 7.62. The Hall–Kier alpha value is -1.79. The van der Waals surface area contributed by atoms with Gasteiger partial charge in [-0.05, 0) is 19.1 Å². The maximum atomic E-state index is 12.0. The number of pyridine rings is 1. The van der Waals surface area contributed by atoms with Crippen LogP contribution in [0.25, 0.3) is 5.65 Å². The van der Waals surface area contributed by atoms with E-state index in [1.807, 2.05) is 0 Å². The zero-order valence-corrected chi connectivity index (χ0v) is 7.62. The van der Waals surface area contributed by atoms with Crippen LogP contribution < -0.4 is 4.74 Å². The maximum Gasteiger partial charge on any atom is 0.573 e. The Bertz CT molecular complexity index is 491. The fourth-order valence-corrected chi connectivity index (χ4v) is 1.21. The average Bonchev–Trinajstić information content (AvgIpc) is 2.47. The van der Waals surface area contributed by atoms with Gasteiger partial charge in [-0.25, -0.2) is 0 Å². The average molecular weight is 217 g/mol. The van der Waals surface area contributed by atoms with Crippen LogP contribution in [0.5, 0.6) is 5.75 Å². The molecular formula is C8H6F3N3O. The molecule has 0 amide bonds. The smallest absolute Gasteiger partial charge is 0.402 e. The van der Waals surface area contributed by atoms with E-state index in [1.165, 1.54) is 16.5 Å². The Labute approximate surface area is 82.3 Å². The van der Waals surface area contributed by atoms with Gasteiger partial charge in [0.25, 0.3) is 0 Å². The second-order valence-corrected chi connectivity index (χ2v) is 2.86. The summed E-state index contributed by atoms with van der Waals surface area (Å²) in [6, 6.07) is 2.63. The second kappa shape index (κ2) is 3.11. The Kier molecular flexibility index (Phi) is 2.02. The van der Waals surface area contributed by atoms with Crippen molar-refractivity contribution in [1.29, 1.82) is 0 Å². The number of aromatic nitrogens is 3. The third-order valence-corrected chi connectivity index (χ3v) is 1.80. The van der Waals surface area contributed by atoms with Crippen molar-refractivity contribution in [3.05, 3.63) is 24.2 Å². The van der Waals surface area contributed by atoms with E-state index in [0.717, 1.165) is 0 Å². The van der Waals surface area contributed by atoms with Gasteiger partial charge in [-0.1, -0.05) is 0 Å². The van der Waals surface area contributed by atoms with Gasteiger partial charge < -0.3 is 4.74 Å². The highest BCUT2D eigenvalue weighted by molar-refractivity contribution is 5.53. The van der Waals surface area contributed by atoms with Crippen molar-refractivity contribution in [2.75, 3.05) is 0 Å². The summed E-state index contributed by atoms with van der Waals surface area (Å²) < 4.78 is 41.2. The molecule has 0 aliphatic carbocycles. The molecule has 15 heavy (non-hydrogen) atoms. The number of rotatable bonds is 1. The number of alkyl halides is 3. The summed E-state index contributed by atoms with van der Waals surface area (Å²) in [6.07, 6.45) is -3.16. The molecule has 0 unspecified atom stereocenters. The van der Waals surface area contributed by atoms with Gasteiger partial charge in [0.2, 0.25) is 5.65 Å². The molecule has 0 aromatic carbocycles. The second-order valence-electron chi connectivity index (χ2n) is 2.86. The lowest BCUT2D eigenvalue weighted by molar-refractivity contribution is -0.274. The van der Waals surface area contributed by atoms with E-state index in [2.05, 4.69) is 14.9 Å². The largest absolute Gasteiger partial charge is 0.573 e. The van der Waals surface area contributed by atoms with Crippen molar-refractivity contribution in [3.8, 4) is 5.75 Å². The minimum atomic E-state index is -4.72. The van der Waals surface area contributed by atoms with Crippen molar-refractivity contribution in [3.63, 3.8) is 0 Å². The summed E-state index contributed by atoms with van der Waals surface area (Å²) in [6.45, 7) is 1.64. The Morgan fingerprint density at radius 3 is 2.73 bits per heavy atom. The molecule has 2 rings (SSSR count). The lowest BCUT2D eigenvalue weighted by atomic mass is 10.4. The molecule has 4 nitrogen and oxygen atoms in total. The van der Waals surface area contributed by atoms with Crippen LogP contribution in [0.2, 0.25) is 0 Å². The molecule has 2 aromatic heterocycles. The number of hydrogen-bond acceptors (Lipinski definition) is 3. The Morgan fingerprint density at radius 1 is 1.33 bits per heavy atom. The molecule has 7 heteroatoms. The summed E-state index contributed by atoms with van der Waals surface area (Å²) in [4.78, 5) is 0. The highest BCUT2D eigenvalue weighted by atomic mass is 19.4. The molecule has 0 spiro atoms. The first kappa shape index (κ1) is 9.75. The van der Waals surface area contributed by atoms with Crippen molar-refractivity contribution in [2.24, 2.45) is 0 Å². The van der Waals surface area contributed by atoms with Crippen molar-refractivity contribution >= 4 is 5.65 Å². The molecule has 0 aliphatic rings. The molecule has 0 aliphatic heterocycles. The van der Waals surface area contributed by atoms with Gasteiger partial charge in [-0.15, -0.1) is 23.4 Å². The monoisotopic (exact) mass is 217 g/mol. The quantitative estimate of drug-likeness (QED) is 0.732. The van der Waals surface area contributed by atoms with Gasteiger partial charge in [0, 0.05) is 6.20 Å². The van der Waals surface area contributed by atoms with Crippen molar-refractivity contribution < 1.29 is 17.9 Å². The minimum absolute atomic E-state index is 0.0484. The van der Waals surface area contributed by atoms with Crippen LogP contribution in [0.15, 0.2) is 18.3 Å². The number of hydrogen-bond donors (Lipinski definition) is 0. The molecule has 0 atom stereocenters. The number of ether oxygens (including phenoxy) is 1. The predicted molar refractivity (Wildman–Crippen MR) is 44.4 cm³/mol. The molecular weight excluding hydrogens is 211 g/mol. The van der Waals surface area contributed by atoms with Crippen LogP contribution in [0.1, 0.15) is 5.82 Å². The molecule has 0 radical (unpaired) electrons. The molecule has 80 valence electrons. The summed E-state index contributed by atoms with van der Waals surface area (Å²) in [7, 11) is 0. The Balaban J connectivity index is 2.52. The summed E-state index contributed by atoms with van der Waals surface area (Å²) in [5.74, 6) is 0.142. The minimum Gasteiger partial charge on any atom is -0.402 e. The van der Waals surface area contributed by atoms with E-state index >= 15 is 0 Å². The van der Waals surface area contributed by atoms with Crippen LogP contribution in [-0.4, -0.2) is 21.0 Å². The van der Waals surface area contributed by atoms with Gasteiger partial charge in [-0.3, -0.25) is 4.40 Å². The molecule has 0 N–H and O–H groups in total. The van der Waals surface area contributed by atoms with Crippen LogP contribution in [-0.2, 0) is 0 Å². The molecule has 0 saturated heterocycles. The van der Waals surface area contributed by atoms with Crippen LogP contribution in [0, 0.1) is 6.92 Å². The normalized spacial score (nSPS) is 12.0. The highest BCUT2D eigenvalue weighted by Gasteiger charge is 2.32. The van der Waals surface area contributed by atoms with Gasteiger partial charge >= 0.3 is 6.36 Å². The SMILES string of the molecule is Cc1nnc2c(OC(F)(F)F)cccn12. The van der Waals surface area contributed by atoms with Gasteiger partial charge in [0.1, 0.15) is 5.82 Å². The van der Waals surface area contributed by atoms with Crippen LogP contribution in [0.4, 0.5) is 13.2 Å². The number of fused-ring (bicyclic) bond motifs is 1. The van der Waals surface area contributed by atoms with Crippen LogP contribution in [0.3, 0.4) is 0 Å². The maximum absolute atomic E-state index is 12.0. The van der Waals surface area contributed by atoms with E-state index in [-0.39, 0.29) is 11.4 Å². The van der Waals surface area contributed by atoms with Gasteiger partial charge in [0.15, 0.2) is 5.75 Å². The zero-order chi connectivity index (χ0) is 11.1. The fourth-order valence-electron chi connectivity index (χ4n) is 1.21. The van der Waals surface area contributed by atoms with E-state index < -0.39 is 6.36 Å². The topological polar surface area (TPSA) is 39.4 Å². The van der Waals surface area contributed by atoms with E-state index in [4.69, 9.17) is 0 Å². The molecule has 2 heterocycles.